The highest BCUT2D eigenvalue weighted by Crippen LogP contribution is 2.39. The van der Waals surface area contributed by atoms with Crippen molar-refractivity contribution < 1.29 is 23.8 Å². The van der Waals surface area contributed by atoms with Gasteiger partial charge in [0.15, 0.2) is 5.82 Å². The number of fused-ring (bicyclic) bond motifs is 3. The maximum absolute atomic E-state index is 15.1. The number of nitrogens with one attached hydrogen (secondary N) is 1. The number of aromatic amines is 1. The number of carbonyl (C=O) groups is 1. The number of anilines is 1. The number of nitrogens with zero attached hydrogens (tertiary/aromatic N) is 4. The first-order valence-corrected chi connectivity index (χ1v) is 14.3. The molecule has 0 aliphatic carbocycles. The van der Waals surface area contributed by atoms with Crippen LogP contribution in [-0.2, 0) is 9.47 Å². The van der Waals surface area contributed by atoms with Gasteiger partial charge in [-0.2, -0.15) is 0 Å². The van der Waals surface area contributed by atoms with Crippen molar-refractivity contribution in [2.24, 2.45) is 0 Å². The van der Waals surface area contributed by atoms with E-state index in [2.05, 4.69) is 19.9 Å². The van der Waals surface area contributed by atoms with Crippen molar-refractivity contribution in [3.8, 4) is 11.3 Å². The highest BCUT2D eigenvalue weighted by molar-refractivity contribution is 6.33. The van der Waals surface area contributed by atoms with Crippen molar-refractivity contribution in [1.29, 1.82) is 0 Å². The average molecular weight is 575 g/mol. The van der Waals surface area contributed by atoms with Gasteiger partial charge in [-0.1, -0.05) is 25.4 Å². The van der Waals surface area contributed by atoms with E-state index in [4.69, 9.17) is 26.8 Å². The fraction of sp³-hybridized carbons (Fsp3) is 0.571. The predicted octanol–water partition coefficient (Wildman–Crippen LogP) is 5.15. The molecule has 3 aliphatic rings. The van der Waals surface area contributed by atoms with E-state index in [-0.39, 0.29) is 46.6 Å². The smallest absolute Gasteiger partial charge is 0.409 e. The third-order valence-corrected chi connectivity index (χ3v) is 8.11. The molecule has 4 unspecified atom stereocenters. The van der Waals surface area contributed by atoms with E-state index in [0.717, 1.165) is 31.2 Å². The number of aliphatic hydroxyl groups excluding tert-OH is 1. The molecule has 0 spiro atoms. The lowest BCUT2D eigenvalue weighted by molar-refractivity contribution is -0.0746. The molecule has 10 nitrogen and oxygen atoms in total. The molecule has 4 N–H and O–H groups in total. The number of amides is 1. The average Bonchev–Trinajstić information content (AvgIpc) is 3.67. The van der Waals surface area contributed by atoms with Gasteiger partial charge in [-0.25, -0.2) is 24.1 Å². The first-order chi connectivity index (χ1) is 19.2. The van der Waals surface area contributed by atoms with Gasteiger partial charge >= 0.3 is 6.09 Å². The first kappa shape index (κ1) is 28.5. The van der Waals surface area contributed by atoms with Crippen molar-refractivity contribution in [3.05, 3.63) is 34.5 Å². The number of hydrogen-bond donors (Lipinski definition) is 3. The Morgan fingerprint density at radius 3 is 2.80 bits per heavy atom. The summed E-state index contributed by atoms with van der Waals surface area (Å²) in [5.74, 6) is 0.222. The summed E-state index contributed by atoms with van der Waals surface area (Å²) in [6, 6.07) is 1.40. The molecular formula is C28H36ClFN6O4. The Labute approximate surface area is 237 Å². The molecule has 0 radical (unpaired) electrons. The minimum Gasteiger partial charge on any atom is -0.450 e. The van der Waals surface area contributed by atoms with Gasteiger partial charge in [0, 0.05) is 24.6 Å². The van der Waals surface area contributed by atoms with Crippen LogP contribution in [0.2, 0.25) is 5.02 Å². The van der Waals surface area contributed by atoms with Crippen molar-refractivity contribution >= 4 is 34.7 Å². The number of benzene rings is 1. The number of hydrogen-bond acceptors (Lipinski definition) is 8. The zero-order valence-electron chi connectivity index (χ0n) is 23.0. The second kappa shape index (κ2) is 11.8. The standard InChI is InChI=1S/C21H24ClFN6O2.C7H12O2/c1-4-31-21(30)29-6-5-11(9-29)19-26-17-14(23)7-12(15(10(2)3)18(17)27-19)16-13(22)8-25-20(24)28-16;8-6-3-1-5-2-4-7(6)9-5/h7-8,10-11H,4-6,9H2,1-3H3,(H,26,27)(H2,24,25,28);5-8H,1-4H2. The summed E-state index contributed by atoms with van der Waals surface area (Å²) >= 11 is 6.31. The lowest BCUT2D eigenvalue weighted by atomic mass is 9.93. The molecule has 2 bridgehead atoms. The molecule has 0 saturated carbocycles. The van der Waals surface area contributed by atoms with Crippen LogP contribution in [0.5, 0.6) is 0 Å². The zero-order chi connectivity index (χ0) is 28.6. The molecule has 5 heterocycles. The number of carbonyl (C=O) groups excluding carboxylic acids is 1. The highest BCUT2D eigenvalue weighted by Gasteiger charge is 2.35. The number of ether oxygens (including phenoxy) is 2. The number of imidazole rings is 1. The largest absolute Gasteiger partial charge is 0.450 e. The van der Waals surface area contributed by atoms with E-state index in [1.807, 2.05) is 13.8 Å². The number of aliphatic hydroxyl groups is 1. The monoisotopic (exact) mass is 574 g/mol. The van der Waals surface area contributed by atoms with Crippen molar-refractivity contribution in [3.63, 3.8) is 0 Å². The molecular weight excluding hydrogens is 539 g/mol. The molecule has 3 saturated heterocycles. The van der Waals surface area contributed by atoms with Crippen LogP contribution in [0.4, 0.5) is 15.1 Å². The lowest BCUT2D eigenvalue weighted by Gasteiger charge is -2.24. The van der Waals surface area contributed by atoms with E-state index in [0.29, 0.717) is 48.4 Å². The van der Waals surface area contributed by atoms with E-state index >= 15 is 4.39 Å². The molecule has 3 fully saturated rings. The summed E-state index contributed by atoms with van der Waals surface area (Å²) in [5.41, 5.74) is 8.38. The third-order valence-electron chi connectivity index (χ3n) is 7.83. The number of rotatable bonds is 4. The van der Waals surface area contributed by atoms with Gasteiger partial charge in [0.25, 0.3) is 0 Å². The number of halogens is 2. The summed E-state index contributed by atoms with van der Waals surface area (Å²) < 4.78 is 25.7. The van der Waals surface area contributed by atoms with Gasteiger partial charge in [-0.3, -0.25) is 0 Å². The molecule has 12 heteroatoms. The summed E-state index contributed by atoms with van der Waals surface area (Å²) in [5, 5.41) is 9.56. The Balaban J connectivity index is 0.000000301. The summed E-state index contributed by atoms with van der Waals surface area (Å²) in [7, 11) is 0. The van der Waals surface area contributed by atoms with E-state index in [1.54, 1.807) is 11.8 Å². The Morgan fingerprint density at radius 2 is 2.08 bits per heavy atom. The van der Waals surface area contributed by atoms with E-state index < -0.39 is 5.82 Å². The molecule has 6 rings (SSSR count). The van der Waals surface area contributed by atoms with Crippen LogP contribution in [-0.4, -0.2) is 74.0 Å². The fourth-order valence-corrected chi connectivity index (χ4v) is 6.05. The van der Waals surface area contributed by atoms with Crippen LogP contribution in [0.3, 0.4) is 0 Å². The molecule has 1 aromatic carbocycles. The summed E-state index contributed by atoms with van der Waals surface area (Å²) in [4.78, 5) is 29.7. The van der Waals surface area contributed by atoms with Crippen LogP contribution >= 0.6 is 11.6 Å². The quantitative estimate of drug-likeness (QED) is 0.388. The molecule has 216 valence electrons. The third kappa shape index (κ3) is 5.73. The van der Waals surface area contributed by atoms with Crippen molar-refractivity contribution in [1.82, 2.24) is 24.8 Å². The molecule has 3 aromatic rings. The molecule has 2 aromatic heterocycles. The topological polar surface area (TPSA) is 139 Å². The number of H-pyrrole nitrogens is 1. The molecule has 40 heavy (non-hydrogen) atoms. The van der Waals surface area contributed by atoms with Gasteiger partial charge in [-0.05, 0) is 56.6 Å². The van der Waals surface area contributed by atoms with Crippen LogP contribution < -0.4 is 5.73 Å². The molecule has 3 aliphatic heterocycles. The summed E-state index contributed by atoms with van der Waals surface area (Å²) in [6.45, 7) is 7.16. The van der Waals surface area contributed by atoms with Gasteiger partial charge in [0.2, 0.25) is 5.95 Å². The van der Waals surface area contributed by atoms with Crippen LogP contribution in [0.1, 0.15) is 76.1 Å². The van der Waals surface area contributed by atoms with Gasteiger partial charge in [0.05, 0.1) is 47.3 Å². The lowest BCUT2D eigenvalue weighted by Crippen LogP contribution is -2.31. The molecule has 4 atom stereocenters. The number of nitrogens with two attached hydrogens (primary N) is 1. The highest BCUT2D eigenvalue weighted by atomic mass is 35.5. The van der Waals surface area contributed by atoms with Crippen molar-refractivity contribution in [2.45, 2.75) is 83.0 Å². The zero-order valence-corrected chi connectivity index (χ0v) is 23.7. The summed E-state index contributed by atoms with van der Waals surface area (Å²) in [6.07, 6.45) is 6.56. The van der Waals surface area contributed by atoms with Gasteiger partial charge in [0.1, 0.15) is 11.3 Å². The SMILES string of the molecule is CCOC(=O)N1CCC(c2nc3c(F)cc(-c4nc(N)ncc4Cl)c(C(C)C)c3[nH]2)C1.OC1CCC2CCC1O2. The maximum Gasteiger partial charge on any atom is 0.409 e. The minimum atomic E-state index is -0.481. The van der Waals surface area contributed by atoms with E-state index in [9.17, 15) is 9.90 Å². The van der Waals surface area contributed by atoms with Gasteiger partial charge in [-0.15, -0.1) is 0 Å². The predicted molar refractivity (Wildman–Crippen MR) is 150 cm³/mol. The van der Waals surface area contributed by atoms with Crippen molar-refractivity contribution in [2.75, 3.05) is 25.4 Å². The fourth-order valence-electron chi connectivity index (χ4n) is 5.86. The number of nitrogen functional groups attached to an aromatic ring is 1. The van der Waals surface area contributed by atoms with Crippen LogP contribution in [0.15, 0.2) is 12.3 Å². The maximum atomic E-state index is 15.1. The minimum absolute atomic E-state index is 0.0262. The Bertz CT molecular complexity index is 1380. The van der Waals surface area contributed by atoms with Crippen LogP contribution in [0, 0.1) is 5.82 Å². The Morgan fingerprint density at radius 1 is 1.30 bits per heavy atom. The second-order valence-electron chi connectivity index (χ2n) is 10.9. The Kier molecular flexibility index (Phi) is 8.44. The first-order valence-electron chi connectivity index (χ1n) is 13.9. The van der Waals surface area contributed by atoms with E-state index in [1.165, 1.54) is 18.7 Å². The van der Waals surface area contributed by atoms with Crippen LogP contribution in [0.25, 0.3) is 22.3 Å². The normalized spacial score (nSPS) is 23.9. The Hall–Kier alpha value is -3.02. The second-order valence-corrected chi connectivity index (χ2v) is 11.3. The number of likely N-dealkylation sites (tertiary alicyclic amines) is 1. The van der Waals surface area contributed by atoms with Gasteiger partial charge < -0.3 is 30.2 Å². The number of aromatic nitrogens is 4. The molecule has 1 amide bonds.